The Bertz CT molecular complexity index is 399. The molecule has 0 spiro atoms. The van der Waals surface area contributed by atoms with E-state index in [2.05, 4.69) is 0 Å². The molecule has 1 rings (SSSR count). The van der Waals surface area contributed by atoms with Gasteiger partial charge < -0.3 is 19.5 Å². The van der Waals surface area contributed by atoms with Crippen LogP contribution in [0.15, 0.2) is 24.3 Å². The van der Waals surface area contributed by atoms with E-state index >= 15 is 0 Å². The van der Waals surface area contributed by atoms with Crippen molar-refractivity contribution < 1.29 is 24.3 Å². The fourth-order valence-corrected chi connectivity index (χ4v) is 1.46. The van der Waals surface area contributed by atoms with Crippen molar-refractivity contribution in [3.05, 3.63) is 29.8 Å². The maximum atomic E-state index is 11.8. The number of carbonyl (C=O) groups is 2. The highest BCUT2D eigenvalue weighted by molar-refractivity contribution is 5.97. The molecule has 0 heterocycles. The number of carboxylic acid groups (broad SMARTS) is 1. The van der Waals surface area contributed by atoms with Crippen LogP contribution >= 0.6 is 0 Å². The number of benzene rings is 1. The van der Waals surface area contributed by atoms with Crippen LogP contribution in [0, 0.1) is 0 Å². The summed E-state index contributed by atoms with van der Waals surface area (Å²) in [6, 6.07) is 6.71. The zero-order valence-corrected chi connectivity index (χ0v) is 9.86. The van der Waals surface area contributed by atoms with Crippen molar-refractivity contribution in [1.29, 1.82) is 0 Å². The highest BCUT2D eigenvalue weighted by atomic mass is 16.5. The molecule has 0 amide bonds. The Labute approximate surface area is 99.6 Å². The van der Waals surface area contributed by atoms with Crippen LogP contribution in [0.5, 0.6) is 5.75 Å². The number of hydrogen-bond donors (Lipinski definition) is 1. The first kappa shape index (κ1) is 13.2. The number of ether oxygens (including phenoxy) is 1. The zero-order chi connectivity index (χ0) is 12.8. The number of ketones is 1. The lowest BCUT2D eigenvalue weighted by Crippen LogP contribution is -3.11. The number of aliphatic carboxylic acids is 1. The van der Waals surface area contributed by atoms with Crippen molar-refractivity contribution in [3.8, 4) is 5.75 Å². The van der Waals surface area contributed by atoms with Crippen molar-refractivity contribution in [2.75, 3.05) is 27.2 Å². The van der Waals surface area contributed by atoms with Gasteiger partial charge >= 0.3 is 0 Å². The maximum absolute atomic E-state index is 11.8. The molecule has 0 fully saturated rings. The van der Waals surface area contributed by atoms with Crippen LogP contribution in [0.2, 0.25) is 0 Å². The molecule has 0 aliphatic heterocycles. The maximum Gasteiger partial charge on any atom is 0.216 e. The van der Waals surface area contributed by atoms with Crippen molar-refractivity contribution in [1.82, 2.24) is 0 Å². The number of Topliss-reactive ketones (excluding diaryl/α,β-unsaturated/α-hetero) is 1. The third-order valence-electron chi connectivity index (χ3n) is 2.32. The van der Waals surface area contributed by atoms with Crippen LogP contribution in [0.1, 0.15) is 10.4 Å². The van der Waals surface area contributed by atoms with Gasteiger partial charge in [-0.05, 0) is 24.3 Å². The smallest absolute Gasteiger partial charge is 0.216 e. The predicted octanol–water partition coefficient (Wildman–Crippen LogP) is -1.86. The van der Waals surface area contributed by atoms with E-state index in [0.29, 0.717) is 16.2 Å². The van der Waals surface area contributed by atoms with Crippen LogP contribution in [0.4, 0.5) is 0 Å². The van der Waals surface area contributed by atoms with Crippen molar-refractivity contribution in [2.24, 2.45) is 0 Å². The second-order valence-electron chi connectivity index (χ2n) is 3.83. The molecule has 0 aliphatic rings. The zero-order valence-electron chi connectivity index (χ0n) is 9.86. The number of carbonyl (C=O) groups excluding carboxylic acids is 2. The topological polar surface area (TPSA) is 70.9 Å². The first-order valence-corrected chi connectivity index (χ1v) is 5.21. The molecule has 1 atom stereocenters. The molecule has 0 aliphatic carbocycles. The van der Waals surface area contributed by atoms with Crippen molar-refractivity contribution in [2.45, 2.75) is 0 Å². The molecular weight excluding hydrogens is 222 g/mol. The third kappa shape index (κ3) is 4.24. The summed E-state index contributed by atoms with van der Waals surface area (Å²) in [6.07, 6.45) is 0. The number of hydrogen-bond acceptors (Lipinski definition) is 4. The van der Waals surface area contributed by atoms with Gasteiger partial charge in [-0.1, -0.05) is 0 Å². The second kappa shape index (κ2) is 6.00. The number of nitrogens with one attached hydrogen (secondary N) is 1. The van der Waals surface area contributed by atoms with E-state index in [1.807, 2.05) is 0 Å². The largest absolute Gasteiger partial charge is 0.544 e. The van der Waals surface area contributed by atoms with Crippen LogP contribution in [-0.2, 0) is 4.79 Å². The Morgan fingerprint density at radius 2 is 1.82 bits per heavy atom. The van der Waals surface area contributed by atoms with Gasteiger partial charge in [0.2, 0.25) is 5.78 Å². The molecule has 0 bridgehead atoms. The highest BCUT2D eigenvalue weighted by Gasteiger charge is 2.12. The number of methoxy groups -OCH3 is 1. The monoisotopic (exact) mass is 237 g/mol. The van der Waals surface area contributed by atoms with Crippen molar-refractivity contribution >= 4 is 11.8 Å². The number of likely N-dealkylation sites (N-methyl/N-ethyl adjacent to an activating group) is 1. The summed E-state index contributed by atoms with van der Waals surface area (Å²) in [4.78, 5) is 22.7. The minimum Gasteiger partial charge on any atom is -0.544 e. The lowest BCUT2D eigenvalue weighted by atomic mass is 10.1. The summed E-state index contributed by atoms with van der Waals surface area (Å²) in [5, 5.41) is 10.4. The minimum absolute atomic E-state index is 0.105. The van der Waals surface area contributed by atoms with Gasteiger partial charge in [0, 0.05) is 5.56 Å². The predicted molar refractivity (Wildman–Crippen MR) is 59.0 cm³/mol. The quantitative estimate of drug-likeness (QED) is 0.589. The summed E-state index contributed by atoms with van der Waals surface area (Å²) in [6.45, 7) is -0.0534. The van der Waals surface area contributed by atoms with Crippen LogP contribution in [0.3, 0.4) is 0 Å². The molecule has 1 aromatic rings. The molecular formula is C12H15NO4. The van der Waals surface area contributed by atoms with Gasteiger partial charge in [-0.25, -0.2) is 0 Å². The molecule has 0 radical (unpaired) electrons. The Morgan fingerprint density at radius 3 is 2.29 bits per heavy atom. The molecule has 5 nitrogen and oxygen atoms in total. The van der Waals surface area contributed by atoms with Crippen molar-refractivity contribution in [3.63, 3.8) is 0 Å². The van der Waals surface area contributed by atoms with E-state index < -0.39 is 5.97 Å². The van der Waals surface area contributed by atoms with Gasteiger partial charge in [0.15, 0.2) is 0 Å². The Morgan fingerprint density at radius 1 is 1.24 bits per heavy atom. The molecule has 0 aromatic heterocycles. The summed E-state index contributed by atoms with van der Waals surface area (Å²) >= 11 is 0. The van der Waals surface area contributed by atoms with E-state index in [9.17, 15) is 14.7 Å². The number of carboxylic acids is 1. The first-order chi connectivity index (χ1) is 8.02. The van der Waals surface area contributed by atoms with E-state index in [-0.39, 0.29) is 18.9 Å². The molecule has 5 heteroatoms. The van der Waals surface area contributed by atoms with Crippen LogP contribution in [-0.4, -0.2) is 39.0 Å². The molecule has 0 saturated carbocycles. The van der Waals surface area contributed by atoms with Crippen LogP contribution in [0.25, 0.3) is 0 Å². The summed E-state index contributed by atoms with van der Waals surface area (Å²) in [5.41, 5.74) is 0.545. The fraction of sp³-hybridized carbons (Fsp3) is 0.333. The lowest BCUT2D eigenvalue weighted by Gasteiger charge is -2.13. The number of quaternary nitrogens is 1. The molecule has 0 saturated heterocycles. The van der Waals surface area contributed by atoms with E-state index in [0.717, 1.165) is 0 Å². The molecule has 1 unspecified atom stereocenters. The van der Waals surface area contributed by atoms with E-state index in [4.69, 9.17) is 4.74 Å². The standard InChI is InChI=1S/C12H15NO4/c1-13(8-12(15)16)7-11(14)9-3-5-10(17-2)6-4-9/h3-6H,7-8H2,1-2H3,(H,15,16). The fourth-order valence-electron chi connectivity index (χ4n) is 1.46. The summed E-state index contributed by atoms with van der Waals surface area (Å²) in [5.74, 6) is -0.589. The van der Waals surface area contributed by atoms with Crippen LogP contribution < -0.4 is 14.7 Å². The summed E-state index contributed by atoms with van der Waals surface area (Å²) in [7, 11) is 3.19. The summed E-state index contributed by atoms with van der Waals surface area (Å²) < 4.78 is 4.98. The Balaban J connectivity index is 2.60. The average molecular weight is 237 g/mol. The van der Waals surface area contributed by atoms with Gasteiger partial charge in [0.1, 0.15) is 18.8 Å². The molecule has 1 aromatic carbocycles. The SMILES string of the molecule is COc1ccc(C(=O)C[NH+](C)CC(=O)[O-])cc1. The molecule has 92 valence electrons. The average Bonchev–Trinajstić information content (AvgIpc) is 2.28. The second-order valence-corrected chi connectivity index (χ2v) is 3.83. The van der Waals surface area contributed by atoms with Gasteiger partial charge in [0.05, 0.1) is 20.1 Å². The first-order valence-electron chi connectivity index (χ1n) is 5.21. The van der Waals surface area contributed by atoms with Gasteiger partial charge in [-0.15, -0.1) is 0 Å². The Kier molecular flexibility index (Phi) is 4.66. The molecule has 17 heavy (non-hydrogen) atoms. The normalized spacial score (nSPS) is 11.9. The third-order valence-corrected chi connectivity index (χ3v) is 2.32. The Hall–Kier alpha value is -1.88. The van der Waals surface area contributed by atoms with Gasteiger partial charge in [-0.3, -0.25) is 4.79 Å². The highest BCUT2D eigenvalue weighted by Crippen LogP contribution is 2.11. The molecule has 1 N–H and O–H groups in total. The van der Waals surface area contributed by atoms with E-state index in [1.165, 1.54) is 0 Å². The van der Waals surface area contributed by atoms with Gasteiger partial charge in [-0.2, -0.15) is 0 Å². The minimum atomic E-state index is -1.16. The van der Waals surface area contributed by atoms with E-state index in [1.54, 1.807) is 38.4 Å². The van der Waals surface area contributed by atoms with Gasteiger partial charge in [0.25, 0.3) is 0 Å². The number of rotatable bonds is 6. The lowest BCUT2D eigenvalue weighted by molar-refractivity contribution is -0.864.